The van der Waals surface area contributed by atoms with Crippen LogP contribution in [0.3, 0.4) is 0 Å². The van der Waals surface area contributed by atoms with Crippen LogP contribution < -0.4 is 5.32 Å². The van der Waals surface area contributed by atoms with Gasteiger partial charge in [-0.25, -0.2) is 0 Å². The first-order valence-corrected chi connectivity index (χ1v) is 7.31. The maximum atomic E-state index is 4.58. The Bertz CT molecular complexity index is 272. The van der Waals surface area contributed by atoms with Gasteiger partial charge < -0.3 is 10.2 Å². The number of rotatable bonds is 5. The zero-order valence-electron chi connectivity index (χ0n) is 12.1. The molecule has 0 bridgehead atoms. The molecule has 4 heteroatoms. The lowest BCUT2D eigenvalue weighted by molar-refractivity contribution is 0.198. The van der Waals surface area contributed by atoms with Crippen LogP contribution in [0.2, 0.25) is 0 Å². The summed E-state index contributed by atoms with van der Waals surface area (Å²) in [5, 5.41) is 5.29. The largest absolute Gasteiger partial charge is 0.363 e. The zero-order valence-corrected chi connectivity index (χ0v) is 12.9. The second kappa shape index (κ2) is 6.10. The maximum Gasteiger partial charge on any atom is 0.156 e. The summed E-state index contributed by atoms with van der Waals surface area (Å²) in [6, 6.07) is 0. The minimum atomic E-state index is 0.166. The van der Waals surface area contributed by atoms with Gasteiger partial charge in [0.25, 0.3) is 0 Å². The van der Waals surface area contributed by atoms with E-state index in [1.807, 2.05) is 11.8 Å². The van der Waals surface area contributed by atoms with Crippen molar-refractivity contribution in [1.82, 2.24) is 10.2 Å². The SMILES string of the molecule is CC(C)CC1CN=C(NCC(C)(C)N(C)C)S1. The molecule has 1 N–H and O–H groups in total. The van der Waals surface area contributed by atoms with E-state index >= 15 is 0 Å². The Morgan fingerprint density at radius 3 is 2.65 bits per heavy atom. The van der Waals surface area contributed by atoms with E-state index in [9.17, 15) is 0 Å². The van der Waals surface area contributed by atoms with Crippen LogP contribution >= 0.6 is 11.8 Å². The third kappa shape index (κ3) is 4.88. The van der Waals surface area contributed by atoms with Crippen molar-refractivity contribution in [3.8, 4) is 0 Å². The van der Waals surface area contributed by atoms with Crippen molar-refractivity contribution in [2.24, 2.45) is 10.9 Å². The van der Waals surface area contributed by atoms with Crippen molar-refractivity contribution < 1.29 is 0 Å². The molecule has 3 nitrogen and oxygen atoms in total. The molecule has 0 saturated heterocycles. The predicted octanol–water partition coefficient (Wildman–Crippen LogP) is 2.43. The van der Waals surface area contributed by atoms with E-state index in [0.717, 1.165) is 24.2 Å². The topological polar surface area (TPSA) is 27.6 Å². The highest BCUT2D eigenvalue weighted by Crippen LogP contribution is 2.25. The summed E-state index contributed by atoms with van der Waals surface area (Å²) in [6.07, 6.45) is 1.26. The lowest BCUT2D eigenvalue weighted by Gasteiger charge is -2.32. The Morgan fingerprint density at radius 1 is 1.47 bits per heavy atom. The van der Waals surface area contributed by atoms with Gasteiger partial charge in [0.05, 0.1) is 6.54 Å². The minimum absolute atomic E-state index is 0.166. The molecular formula is C13H27N3S. The van der Waals surface area contributed by atoms with Gasteiger partial charge in [0.15, 0.2) is 5.17 Å². The number of hydrogen-bond acceptors (Lipinski definition) is 4. The van der Waals surface area contributed by atoms with E-state index in [0.29, 0.717) is 5.25 Å². The highest BCUT2D eigenvalue weighted by molar-refractivity contribution is 8.14. The van der Waals surface area contributed by atoms with Crippen molar-refractivity contribution >= 4 is 16.9 Å². The fraction of sp³-hybridized carbons (Fsp3) is 0.923. The van der Waals surface area contributed by atoms with E-state index in [1.54, 1.807) is 0 Å². The van der Waals surface area contributed by atoms with Crippen molar-refractivity contribution in [1.29, 1.82) is 0 Å². The molecule has 17 heavy (non-hydrogen) atoms. The van der Waals surface area contributed by atoms with Crippen molar-refractivity contribution in [2.45, 2.75) is 44.9 Å². The van der Waals surface area contributed by atoms with E-state index in [1.165, 1.54) is 6.42 Å². The first kappa shape index (κ1) is 14.8. The Kier molecular flexibility index (Phi) is 5.32. The molecule has 1 unspecified atom stereocenters. The third-order valence-corrected chi connectivity index (χ3v) is 4.51. The molecule has 0 aromatic heterocycles. The van der Waals surface area contributed by atoms with E-state index in [-0.39, 0.29) is 5.54 Å². The molecule has 0 radical (unpaired) electrons. The van der Waals surface area contributed by atoms with Gasteiger partial charge in [-0.15, -0.1) is 0 Å². The number of thioether (sulfide) groups is 1. The quantitative estimate of drug-likeness (QED) is 0.820. The van der Waals surface area contributed by atoms with E-state index in [2.05, 4.69) is 57.0 Å². The molecule has 1 rings (SSSR count). The Labute approximate surface area is 110 Å². The zero-order chi connectivity index (χ0) is 13.1. The van der Waals surface area contributed by atoms with Crippen molar-refractivity contribution in [3.63, 3.8) is 0 Å². The van der Waals surface area contributed by atoms with Gasteiger partial charge in [-0.3, -0.25) is 4.99 Å². The molecular weight excluding hydrogens is 230 g/mol. The van der Waals surface area contributed by atoms with Crippen LogP contribution in [-0.4, -0.2) is 48.0 Å². The fourth-order valence-electron chi connectivity index (χ4n) is 1.61. The van der Waals surface area contributed by atoms with Crippen LogP contribution in [0.25, 0.3) is 0 Å². The monoisotopic (exact) mass is 257 g/mol. The van der Waals surface area contributed by atoms with Crippen molar-refractivity contribution in [2.75, 3.05) is 27.2 Å². The van der Waals surface area contributed by atoms with Crippen LogP contribution in [0.5, 0.6) is 0 Å². The Balaban J connectivity index is 2.31. The Morgan fingerprint density at radius 2 is 2.12 bits per heavy atom. The van der Waals surface area contributed by atoms with Crippen LogP contribution in [0.1, 0.15) is 34.1 Å². The molecule has 0 aromatic carbocycles. The maximum absolute atomic E-state index is 4.58. The lowest BCUT2D eigenvalue weighted by Crippen LogP contribution is -2.47. The number of hydrogen-bond donors (Lipinski definition) is 1. The summed E-state index contributed by atoms with van der Waals surface area (Å²) < 4.78 is 0. The summed E-state index contributed by atoms with van der Waals surface area (Å²) >= 11 is 1.91. The van der Waals surface area contributed by atoms with Crippen LogP contribution in [0, 0.1) is 5.92 Å². The molecule has 1 heterocycles. The summed E-state index contributed by atoms with van der Waals surface area (Å²) in [7, 11) is 4.24. The molecule has 0 saturated carbocycles. The van der Waals surface area contributed by atoms with E-state index < -0.39 is 0 Å². The smallest absolute Gasteiger partial charge is 0.156 e. The van der Waals surface area contributed by atoms with E-state index in [4.69, 9.17) is 0 Å². The highest BCUT2D eigenvalue weighted by atomic mass is 32.2. The molecule has 1 aliphatic heterocycles. The Hall–Kier alpha value is -0.220. The first-order chi connectivity index (χ1) is 7.81. The molecule has 0 aliphatic carbocycles. The molecule has 0 amide bonds. The number of likely N-dealkylation sites (N-methyl/N-ethyl adjacent to an activating group) is 1. The van der Waals surface area contributed by atoms with Crippen LogP contribution in [0.4, 0.5) is 0 Å². The number of nitrogens with one attached hydrogen (secondary N) is 1. The van der Waals surface area contributed by atoms with Gasteiger partial charge in [0, 0.05) is 17.3 Å². The average Bonchev–Trinajstić information content (AvgIpc) is 2.61. The fourth-order valence-corrected chi connectivity index (χ4v) is 2.86. The van der Waals surface area contributed by atoms with Gasteiger partial charge in [0.2, 0.25) is 0 Å². The molecule has 0 fully saturated rings. The molecule has 0 aromatic rings. The van der Waals surface area contributed by atoms with Gasteiger partial charge in [-0.2, -0.15) is 0 Å². The number of nitrogens with zero attached hydrogens (tertiary/aromatic N) is 2. The van der Waals surface area contributed by atoms with Crippen LogP contribution in [0.15, 0.2) is 4.99 Å². The van der Waals surface area contributed by atoms with Crippen LogP contribution in [-0.2, 0) is 0 Å². The number of amidine groups is 1. The minimum Gasteiger partial charge on any atom is -0.363 e. The second-order valence-corrected chi connectivity index (χ2v) is 7.36. The van der Waals surface area contributed by atoms with Gasteiger partial charge in [0.1, 0.15) is 0 Å². The van der Waals surface area contributed by atoms with Gasteiger partial charge in [-0.1, -0.05) is 25.6 Å². The second-order valence-electron chi connectivity index (χ2n) is 6.08. The van der Waals surface area contributed by atoms with Crippen molar-refractivity contribution in [3.05, 3.63) is 0 Å². The average molecular weight is 257 g/mol. The number of aliphatic imine (C=N–C) groups is 1. The normalized spacial score (nSPS) is 21.2. The third-order valence-electron chi connectivity index (χ3n) is 3.33. The summed E-state index contributed by atoms with van der Waals surface area (Å²) in [4.78, 5) is 6.82. The standard InChI is InChI=1S/C13H27N3S/c1-10(2)7-11-8-14-12(17-11)15-9-13(3,4)16(5)6/h10-11H,7-9H2,1-6H3,(H,14,15). The lowest BCUT2D eigenvalue weighted by atomic mass is 10.1. The predicted molar refractivity (Wildman–Crippen MR) is 78.9 cm³/mol. The van der Waals surface area contributed by atoms with Gasteiger partial charge in [-0.05, 0) is 40.3 Å². The molecule has 1 aliphatic rings. The van der Waals surface area contributed by atoms with Gasteiger partial charge >= 0.3 is 0 Å². The molecule has 1 atom stereocenters. The first-order valence-electron chi connectivity index (χ1n) is 6.43. The molecule has 100 valence electrons. The highest BCUT2D eigenvalue weighted by Gasteiger charge is 2.24. The molecule has 0 spiro atoms. The summed E-state index contributed by atoms with van der Waals surface area (Å²) in [5.41, 5.74) is 0.166. The summed E-state index contributed by atoms with van der Waals surface area (Å²) in [5.74, 6) is 0.764. The summed E-state index contributed by atoms with van der Waals surface area (Å²) in [6.45, 7) is 11.0.